The molecule has 6 heteroatoms. The molecule has 0 N–H and O–H groups in total. The average molecular weight is 318 g/mol. The Morgan fingerprint density at radius 3 is 2.50 bits per heavy atom. The Hall–Kier alpha value is -2.05. The lowest BCUT2D eigenvalue weighted by molar-refractivity contribution is 0.115. The van der Waals surface area contributed by atoms with Crippen molar-refractivity contribution in [1.82, 2.24) is 0 Å². The standard InChI is InChI=1S/C16H14FNO3S/c1-16(2)18-15(10-3-5-11(17)6-4-10)13-8-7-12(22(19)20)9-14(13)21-16/h3-9H,1-2H3,(H,19,20)/p-1. The number of ether oxygens (including phenoxy) is 1. The number of fused-ring (bicyclic) bond motifs is 1. The molecule has 0 radical (unpaired) electrons. The van der Waals surface area contributed by atoms with Crippen LogP contribution in [0.1, 0.15) is 25.0 Å². The van der Waals surface area contributed by atoms with Crippen molar-refractivity contribution < 1.29 is 17.9 Å². The van der Waals surface area contributed by atoms with Crippen LogP contribution in [-0.2, 0) is 11.1 Å². The average Bonchev–Trinajstić information content (AvgIpc) is 2.45. The van der Waals surface area contributed by atoms with Crippen LogP contribution >= 0.6 is 0 Å². The molecule has 0 amide bonds. The Morgan fingerprint density at radius 2 is 1.86 bits per heavy atom. The van der Waals surface area contributed by atoms with E-state index in [0.717, 1.165) is 5.56 Å². The van der Waals surface area contributed by atoms with E-state index in [1.54, 1.807) is 32.0 Å². The second kappa shape index (κ2) is 5.30. The highest BCUT2D eigenvalue weighted by atomic mass is 32.2. The Balaban J connectivity index is 2.16. The molecule has 0 aromatic heterocycles. The van der Waals surface area contributed by atoms with Gasteiger partial charge in [-0.2, -0.15) is 0 Å². The van der Waals surface area contributed by atoms with Crippen LogP contribution in [0.5, 0.6) is 5.75 Å². The first-order valence-corrected chi connectivity index (χ1v) is 7.72. The molecule has 1 aliphatic rings. The van der Waals surface area contributed by atoms with Gasteiger partial charge >= 0.3 is 0 Å². The molecule has 0 spiro atoms. The van der Waals surface area contributed by atoms with Crippen LogP contribution in [0.4, 0.5) is 4.39 Å². The minimum atomic E-state index is -2.33. The Labute approximate surface area is 129 Å². The Kier molecular flexibility index (Phi) is 3.58. The van der Waals surface area contributed by atoms with Crippen molar-refractivity contribution in [3.05, 3.63) is 59.4 Å². The van der Waals surface area contributed by atoms with Crippen LogP contribution in [-0.4, -0.2) is 20.2 Å². The van der Waals surface area contributed by atoms with E-state index < -0.39 is 16.8 Å². The summed E-state index contributed by atoms with van der Waals surface area (Å²) >= 11 is -2.33. The molecule has 2 aromatic carbocycles. The summed E-state index contributed by atoms with van der Waals surface area (Å²) in [5.41, 5.74) is 1.24. The largest absolute Gasteiger partial charge is 0.768 e. The molecule has 1 heterocycles. The highest BCUT2D eigenvalue weighted by molar-refractivity contribution is 7.79. The summed E-state index contributed by atoms with van der Waals surface area (Å²) in [6, 6.07) is 10.6. The first-order chi connectivity index (χ1) is 10.4. The van der Waals surface area contributed by atoms with Crippen molar-refractivity contribution in [3.63, 3.8) is 0 Å². The van der Waals surface area contributed by atoms with E-state index in [1.165, 1.54) is 24.3 Å². The highest BCUT2D eigenvalue weighted by Crippen LogP contribution is 2.33. The van der Waals surface area contributed by atoms with Gasteiger partial charge in [0.05, 0.1) is 5.71 Å². The van der Waals surface area contributed by atoms with E-state index in [9.17, 15) is 13.2 Å². The minimum absolute atomic E-state index is 0.148. The maximum atomic E-state index is 13.1. The molecule has 1 aliphatic heterocycles. The third-order valence-electron chi connectivity index (χ3n) is 3.26. The number of rotatable bonds is 2. The van der Waals surface area contributed by atoms with Crippen LogP contribution in [0.25, 0.3) is 0 Å². The zero-order valence-electron chi connectivity index (χ0n) is 12.0. The lowest BCUT2D eigenvalue weighted by Gasteiger charge is -2.30. The first-order valence-electron chi connectivity index (χ1n) is 6.64. The quantitative estimate of drug-likeness (QED) is 0.800. The number of halogens is 1. The van der Waals surface area contributed by atoms with Crippen molar-refractivity contribution in [2.24, 2.45) is 4.99 Å². The molecular weight excluding hydrogens is 305 g/mol. The van der Waals surface area contributed by atoms with Gasteiger partial charge < -0.3 is 9.29 Å². The summed E-state index contributed by atoms with van der Waals surface area (Å²) in [7, 11) is 0. The highest BCUT2D eigenvalue weighted by Gasteiger charge is 2.28. The van der Waals surface area contributed by atoms with Gasteiger partial charge in [0.2, 0.25) is 0 Å². The van der Waals surface area contributed by atoms with Gasteiger partial charge in [0.1, 0.15) is 11.6 Å². The predicted octanol–water partition coefficient (Wildman–Crippen LogP) is 3.03. The molecular formula is C16H13FNO3S-. The van der Waals surface area contributed by atoms with Gasteiger partial charge in [0.25, 0.3) is 0 Å². The van der Waals surface area contributed by atoms with E-state index in [1.807, 2.05) is 0 Å². The van der Waals surface area contributed by atoms with Crippen molar-refractivity contribution in [1.29, 1.82) is 0 Å². The molecule has 0 saturated heterocycles. The summed E-state index contributed by atoms with van der Waals surface area (Å²) in [5, 5.41) is 0. The number of benzene rings is 2. The normalized spacial score (nSPS) is 17.2. The van der Waals surface area contributed by atoms with Gasteiger partial charge in [-0.15, -0.1) is 0 Å². The fraction of sp³-hybridized carbons (Fsp3) is 0.188. The van der Waals surface area contributed by atoms with Gasteiger partial charge in [-0.3, -0.25) is 4.21 Å². The summed E-state index contributed by atoms with van der Waals surface area (Å²) in [4.78, 5) is 4.70. The lowest BCUT2D eigenvalue weighted by Crippen LogP contribution is -2.32. The molecule has 22 heavy (non-hydrogen) atoms. The van der Waals surface area contributed by atoms with Crippen LogP contribution in [0.15, 0.2) is 52.4 Å². The van der Waals surface area contributed by atoms with Gasteiger partial charge in [-0.25, -0.2) is 9.38 Å². The summed E-state index contributed by atoms with van der Waals surface area (Å²) in [6.45, 7) is 3.56. The summed E-state index contributed by atoms with van der Waals surface area (Å²) in [5.74, 6) is 0.119. The van der Waals surface area contributed by atoms with Gasteiger partial charge in [-0.1, -0.05) is 0 Å². The van der Waals surface area contributed by atoms with Crippen LogP contribution in [0.2, 0.25) is 0 Å². The molecule has 3 rings (SSSR count). The lowest BCUT2D eigenvalue weighted by atomic mass is 9.99. The number of hydrogen-bond donors (Lipinski definition) is 0. The zero-order valence-corrected chi connectivity index (χ0v) is 12.8. The monoisotopic (exact) mass is 318 g/mol. The second-order valence-corrected chi connectivity index (χ2v) is 6.35. The van der Waals surface area contributed by atoms with E-state index in [2.05, 4.69) is 4.99 Å². The third kappa shape index (κ3) is 2.80. The van der Waals surface area contributed by atoms with Crippen LogP contribution in [0, 0.1) is 5.82 Å². The smallest absolute Gasteiger partial charge is 0.195 e. The van der Waals surface area contributed by atoms with Crippen molar-refractivity contribution in [2.45, 2.75) is 24.5 Å². The topological polar surface area (TPSA) is 61.7 Å². The molecule has 1 unspecified atom stereocenters. The van der Waals surface area contributed by atoms with Crippen LogP contribution < -0.4 is 4.74 Å². The SMILES string of the molecule is CC1(C)N=C(c2ccc(F)cc2)c2ccc(S(=O)[O-])cc2O1. The summed E-state index contributed by atoms with van der Waals surface area (Å²) < 4.78 is 41.1. The Morgan fingerprint density at radius 1 is 1.18 bits per heavy atom. The fourth-order valence-corrected chi connectivity index (χ4v) is 2.72. The van der Waals surface area contributed by atoms with Crippen molar-refractivity contribution in [3.8, 4) is 5.75 Å². The maximum absolute atomic E-state index is 13.1. The molecule has 2 aromatic rings. The van der Waals surface area contributed by atoms with Crippen LogP contribution in [0.3, 0.4) is 0 Å². The predicted molar refractivity (Wildman–Crippen MR) is 80.4 cm³/mol. The van der Waals surface area contributed by atoms with Gasteiger partial charge in [0, 0.05) is 16.0 Å². The zero-order chi connectivity index (χ0) is 15.9. The van der Waals surface area contributed by atoms with E-state index in [4.69, 9.17) is 4.74 Å². The maximum Gasteiger partial charge on any atom is 0.195 e. The molecule has 114 valence electrons. The van der Waals surface area contributed by atoms with E-state index in [0.29, 0.717) is 17.0 Å². The van der Waals surface area contributed by atoms with Gasteiger partial charge in [0.15, 0.2) is 5.72 Å². The molecule has 0 saturated carbocycles. The summed E-state index contributed by atoms with van der Waals surface area (Å²) in [6.07, 6.45) is 0. The van der Waals surface area contributed by atoms with Crippen molar-refractivity contribution >= 4 is 16.8 Å². The molecule has 4 nitrogen and oxygen atoms in total. The van der Waals surface area contributed by atoms with Crippen molar-refractivity contribution in [2.75, 3.05) is 0 Å². The number of aliphatic imine (C=N–C) groups is 1. The molecule has 1 atom stereocenters. The fourth-order valence-electron chi connectivity index (χ4n) is 2.34. The minimum Gasteiger partial charge on any atom is -0.768 e. The second-order valence-electron chi connectivity index (χ2n) is 5.41. The van der Waals surface area contributed by atoms with E-state index in [-0.39, 0.29) is 10.7 Å². The van der Waals surface area contributed by atoms with E-state index >= 15 is 0 Å². The van der Waals surface area contributed by atoms with Gasteiger partial charge in [-0.05, 0) is 67.4 Å². The number of hydrogen-bond acceptors (Lipinski definition) is 4. The number of nitrogens with zero attached hydrogens (tertiary/aromatic N) is 1. The Bertz CT molecular complexity index is 784. The third-order valence-corrected chi connectivity index (χ3v) is 3.90. The molecule has 0 fully saturated rings. The molecule has 0 bridgehead atoms. The first kappa shape index (κ1) is 14.9. The molecule has 0 aliphatic carbocycles.